The van der Waals surface area contributed by atoms with E-state index in [4.69, 9.17) is 0 Å². The molecule has 0 aromatic carbocycles. The van der Waals surface area contributed by atoms with Gasteiger partial charge in [0.2, 0.25) is 0 Å². The maximum absolute atomic E-state index is 3.96. The number of aryl methyl sites for hydroxylation is 1. The van der Waals surface area contributed by atoms with Gasteiger partial charge in [0.25, 0.3) is 0 Å². The molecule has 1 heterocycles. The van der Waals surface area contributed by atoms with Gasteiger partial charge >= 0.3 is 0 Å². The number of rotatable bonds is 2. The minimum atomic E-state index is 0.469. The smallest absolute Gasteiger partial charge is 0.0522 e. The predicted octanol–water partition coefficient (Wildman–Crippen LogP) is 6.47. The van der Waals surface area contributed by atoms with Gasteiger partial charge in [-0.2, -0.15) is 0 Å². The second-order valence-electron chi connectivity index (χ2n) is 5.80. The zero-order valence-electron chi connectivity index (χ0n) is 10.7. The fraction of sp³-hybridized carbons (Fsp3) is 0.714. The summed E-state index contributed by atoms with van der Waals surface area (Å²) in [5.74, 6) is 0.765. The van der Waals surface area contributed by atoms with Crippen molar-refractivity contribution in [3.63, 3.8) is 0 Å². The van der Waals surface area contributed by atoms with E-state index in [1.165, 1.54) is 39.9 Å². The Balaban J connectivity index is 2.21. The third-order valence-corrected chi connectivity index (χ3v) is 7.75. The Hall–Kier alpha value is 0.660. The monoisotopic (exact) mass is 378 g/mol. The minimum Gasteiger partial charge on any atom is -0.143 e. The Morgan fingerprint density at radius 1 is 1.41 bits per heavy atom. The lowest BCUT2D eigenvalue weighted by Gasteiger charge is -2.41. The first-order valence-corrected chi connectivity index (χ1v) is 8.84. The van der Waals surface area contributed by atoms with E-state index >= 15 is 0 Å². The molecule has 0 radical (unpaired) electrons. The molecule has 1 aromatic heterocycles. The molecule has 96 valence electrons. The van der Waals surface area contributed by atoms with Gasteiger partial charge < -0.3 is 0 Å². The fourth-order valence-electron chi connectivity index (χ4n) is 2.88. The molecule has 1 aliphatic rings. The second kappa shape index (κ2) is 5.34. The van der Waals surface area contributed by atoms with Crippen LogP contribution in [0.15, 0.2) is 10.5 Å². The summed E-state index contributed by atoms with van der Waals surface area (Å²) >= 11 is 9.51. The third kappa shape index (κ3) is 2.98. The van der Waals surface area contributed by atoms with Crippen LogP contribution in [-0.4, -0.2) is 0 Å². The summed E-state index contributed by atoms with van der Waals surface area (Å²) in [6, 6.07) is 2.30. The molecule has 0 bridgehead atoms. The van der Waals surface area contributed by atoms with Gasteiger partial charge in [-0.3, -0.25) is 0 Å². The summed E-state index contributed by atoms with van der Waals surface area (Å²) in [5, 5.41) is 0. The highest BCUT2D eigenvalue weighted by Crippen LogP contribution is 2.51. The molecule has 0 N–H and O–H groups in total. The summed E-state index contributed by atoms with van der Waals surface area (Å²) < 4.78 is 1.26. The van der Waals surface area contributed by atoms with Crippen molar-refractivity contribution < 1.29 is 0 Å². The van der Waals surface area contributed by atoms with Crippen LogP contribution < -0.4 is 0 Å². The molecule has 1 saturated carbocycles. The van der Waals surface area contributed by atoms with Gasteiger partial charge in [0.15, 0.2) is 0 Å². The van der Waals surface area contributed by atoms with Crippen LogP contribution in [0.5, 0.6) is 0 Å². The van der Waals surface area contributed by atoms with Crippen molar-refractivity contribution in [2.45, 2.75) is 51.3 Å². The van der Waals surface area contributed by atoms with Crippen molar-refractivity contribution in [1.29, 1.82) is 0 Å². The maximum Gasteiger partial charge on any atom is 0.0522 e. The Kier molecular flexibility index (Phi) is 4.42. The summed E-state index contributed by atoms with van der Waals surface area (Å²) in [4.78, 5) is 3.39. The number of alkyl halides is 1. The van der Waals surface area contributed by atoms with E-state index < -0.39 is 0 Å². The molecule has 2 rings (SSSR count). The highest BCUT2D eigenvalue weighted by molar-refractivity contribution is 9.10. The van der Waals surface area contributed by atoms with Crippen LogP contribution in [0.2, 0.25) is 0 Å². The van der Waals surface area contributed by atoms with Crippen molar-refractivity contribution in [2.75, 3.05) is 0 Å². The number of hydrogen-bond acceptors (Lipinski definition) is 1. The molecule has 0 aliphatic heterocycles. The van der Waals surface area contributed by atoms with Gasteiger partial charge in [0.1, 0.15) is 0 Å². The molecule has 0 spiro atoms. The van der Waals surface area contributed by atoms with Crippen LogP contribution in [0.1, 0.15) is 54.1 Å². The van der Waals surface area contributed by atoms with Gasteiger partial charge in [0, 0.05) is 14.2 Å². The van der Waals surface area contributed by atoms with Gasteiger partial charge in [-0.15, -0.1) is 11.3 Å². The lowest BCUT2D eigenvalue weighted by Crippen LogP contribution is -2.30. The molecule has 1 fully saturated rings. The lowest BCUT2D eigenvalue weighted by molar-refractivity contribution is 0.137. The molecular weight excluding hydrogens is 360 g/mol. The van der Waals surface area contributed by atoms with Gasteiger partial charge in [0.05, 0.1) is 4.83 Å². The number of hydrogen-bond donors (Lipinski definition) is 0. The van der Waals surface area contributed by atoms with E-state index in [9.17, 15) is 0 Å². The normalized spacial score (nSPS) is 25.8. The van der Waals surface area contributed by atoms with Crippen molar-refractivity contribution in [1.82, 2.24) is 0 Å². The number of thiophene rings is 1. The fourth-order valence-corrected chi connectivity index (χ4v) is 5.88. The van der Waals surface area contributed by atoms with Crippen LogP contribution in [0.3, 0.4) is 0 Å². The van der Waals surface area contributed by atoms with Crippen LogP contribution in [0.4, 0.5) is 0 Å². The molecular formula is C14H20Br2S. The van der Waals surface area contributed by atoms with E-state index in [0.29, 0.717) is 10.2 Å². The van der Waals surface area contributed by atoms with Crippen molar-refractivity contribution in [2.24, 2.45) is 11.3 Å². The van der Waals surface area contributed by atoms with Crippen molar-refractivity contribution >= 4 is 43.2 Å². The van der Waals surface area contributed by atoms with E-state index in [1.807, 2.05) is 11.3 Å². The summed E-state index contributed by atoms with van der Waals surface area (Å²) in [5.41, 5.74) is 0.469. The zero-order chi connectivity index (χ0) is 12.6. The largest absolute Gasteiger partial charge is 0.143 e. The molecule has 1 aliphatic carbocycles. The first kappa shape index (κ1) is 14.1. The van der Waals surface area contributed by atoms with Crippen LogP contribution >= 0.6 is 43.2 Å². The van der Waals surface area contributed by atoms with E-state index in [-0.39, 0.29) is 0 Å². The van der Waals surface area contributed by atoms with Crippen LogP contribution in [0, 0.1) is 18.3 Å². The second-order valence-corrected chi connectivity index (χ2v) is 8.92. The molecule has 2 atom stereocenters. The van der Waals surface area contributed by atoms with E-state index in [0.717, 1.165) is 5.92 Å². The van der Waals surface area contributed by atoms with Gasteiger partial charge in [-0.05, 0) is 53.1 Å². The quantitative estimate of drug-likeness (QED) is 0.516. The SMILES string of the molecule is Cc1sc(C(Br)C2CCCCC2(C)C)cc1Br. The number of halogens is 2. The third-order valence-electron chi connectivity index (χ3n) is 4.09. The van der Waals surface area contributed by atoms with Crippen LogP contribution in [0.25, 0.3) is 0 Å². The highest BCUT2D eigenvalue weighted by atomic mass is 79.9. The topological polar surface area (TPSA) is 0 Å². The average molecular weight is 380 g/mol. The van der Waals surface area contributed by atoms with Crippen molar-refractivity contribution in [3.05, 3.63) is 20.3 Å². The van der Waals surface area contributed by atoms with Crippen molar-refractivity contribution in [3.8, 4) is 0 Å². The van der Waals surface area contributed by atoms with E-state index in [1.54, 1.807) is 0 Å². The summed E-state index contributed by atoms with van der Waals surface area (Å²) in [6.07, 6.45) is 5.51. The zero-order valence-corrected chi connectivity index (χ0v) is 14.7. The summed E-state index contributed by atoms with van der Waals surface area (Å²) in [7, 11) is 0. The molecule has 1 aromatic rings. The minimum absolute atomic E-state index is 0.469. The predicted molar refractivity (Wildman–Crippen MR) is 84.2 cm³/mol. The summed E-state index contributed by atoms with van der Waals surface area (Å²) in [6.45, 7) is 7.05. The Morgan fingerprint density at radius 2 is 2.12 bits per heavy atom. The van der Waals surface area contributed by atoms with Gasteiger partial charge in [-0.25, -0.2) is 0 Å². The Bertz CT molecular complexity index is 375. The van der Waals surface area contributed by atoms with Gasteiger partial charge in [-0.1, -0.05) is 42.6 Å². The maximum atomic E-state index is 3.96. The van der Waals surface area contributed by atoms with Crippen LogP contribution in [-0.2, 0) is 0 Å². The molecule has 17 heavy (non-hydrogen) atoms. The first-order chi connectivity index (χ1) is 7.92. The standard InChI is InChI=1S/C14H20Br2S/c1-9-11(15)8-12(17-9)13(16)10-6-4-5-7-14(10,2)3/h8,10,13H,4-7H2,1-3H3. The average Bonchev–Trinajstić information content (AvgIpc) is 2.58. The Morgan fingerprint density at radius 3 is 2.65 bits per heavy atom. The molecule has 3 heteroatoms. The van der Waals surface area contributed by atoms with E-state index in [2.05, 4.69) is 58.7 Å². The molecule has 2 unspecified atom stereocenters. The molecule has 0 nitrogen and oxygen atoms in total. The first-order valence-electron chi connectivity index (χ1n) is 6.32. The highest BCUT2D eigenvalue weighted by Gasteiger charge is 2.37. The lowest BCUT2D eigenvalue weighted by atomic mass is 9.67. The Labute approximate surface area is 125 Å². The molecule has 0 saturated heterocycles. The molecule has 0 amide bonds.